The molecule has 0 saturated carbocycles. The number of benzene rings is 2. The van der Waals surface area contributed by atoms with E-state index in [-0.39, 0.29) is 17.1 Å². The van der Waals surface area contributed by atoms with Crippen molar-refractivity contribution < 1.29 is 18.7 Å². The van der Waals surface area contributed by atoms with Crippen LogP contribution >= 0.6 is 11.8 Å². The molecule has 1 aliphatic heterocycles. The Balaban J connectivity index is 1.90. The maximum absolute atomic E-state index is 13.1. The molecule has 1 unspecified atom stereocenters. The second-order valence-electron chi connectivity index (χ2n) is 5.34. The summed E-state index contributed by atoms with van der Waals surface area (Å²) >= 11 is 1.67. The number of carbonyl (C=O) groups is 1. The minimum absolute atomic E-state index is 0.103. The monoisotopic (exact) mass is 347 g/mol. The number of ether oxygens (including phenoxy) is 2. The van der Waals surface area contributed by atoms with Gasteiger partial charge in [0.05, 0.1) is 19.8 Å². The maximum atomic E-state index is 13.1. The molecule has 0 N–H and O–H groups in total. The fraction of sp³-hybridized carbons (Fsp3) is 0.278. The summed E-state index contributed by atoms with van der Waals surface area (Å²) < 4.78 is 23.7. The van der Waals surface area contributed by atoms with Crippen molar-refractivity contribution in [2.45, 2.75) is 5.37 Å². The van der Waals surface area contributed by atoms with Crippen molar-refractivity contribution in [1.82, 2.24) is 4.90 Å². The van der Waals surface area contributed by atoms with Crippen LogP contribution in [-0.2, 0) is 0 Å². The average Bonchev–Trinajstić information content (AvgIpc) is 3.10. The van der Waals surface area contributed by atoms with Crippen molar-refractivity contribution in [3.63, 3.8) is 0 Å². The smallest absolute Gasteiger partial charge is 0.258 e. The zero-order chi connectivity index (χ0) is 17.1. The van der Waals surface area contributed by atoms with Gasteiger partial charge in [0.1, 0.15) is 22.7 Å². The zero-order valence-corrected chi connectivity index (χ0v) is 14.3. The highest BCUT2D eigenvalue weighted by atomic mass is 32.2. The first kappa shape index (κ1) is 16.6. The first-order valence-corrected chi connectivity index (χ1v) is 8.59. The molecule has 0 spiro atoms. The molecule has 0 aliphatic carbocycles. The molecule has 4 nitrogen and oxygen atoms in total. The lowest BCUT2D eigenvalue weighted by molar-refractivity contribution is 0.0757. The normalized spacial score (nSPS) is 17.0. The Labute approximate surface area is 144 Å². The summed E-state index contributed by atoms with van der Waals surface area (Å²) in [4.78, 5) is 14.8. The van der Waals surface area contributed by atoms with Crippen molar-refractivity contribution in [3.8, 4) is 11.5 Å². The quantitative estimate of drug-likeness (QED) is 0.845. The van der Waals surface area contributed by atoms with E-state index in [4.69, 9.17) is 9.47 Å². The minimum atomic E-state index is -0.281. The van der Waals surface area contributed by atoms with Crippen LogP contribution in [0.1, 0.15) is 21.3 Å². The highest BCUT2D eigenvalue weighted by molar-refractivity contribution is 7.99. The third-order valence-corrected chi connectivity index (χ3v) is 5.21. The first-order chi connectivity index (χ1) is 11.6. The number of amides is 1. The molecule has 1 amide bonds. The van der Waals surface area contributed by atoms with Crippen LogP contribution in [0.15, 0.2) is 42.5 Å². The van der Waals surface area contributed by atoms with E-state index in [9.17, 15) is 9.18 Å². The molecule has 1 aliphatic rings. The molecule has 1 saturated heterocycles. The number of rotatable bonds is 4. The van der Waals surface area contributed by atoms with E-state index < -0.39 is 0 Å². The second kappa shape index (κ2) is 7.13. The number of halogens is 1. The maximum Gasteiger partial charge on any atom is 0.258 e. The van der Waals surface area contributed by atoms with E-state index in [1.165, 1.54) is 19.2 Å². The Morgan fingerprint density at radius 1 is 1.17 bits per heavy atom. The van der Waals surface area contributed by atoms with Crippen LogP contribution in [-0.4, -0.2) is 37.3 Å². The van der Waals surface area contributed by atoms with Crippen molar-refractivity contribution in [1.29, 1.82) is 0 Å². The van der Waals surface area contributed by atoms with Crippen molar-refractivity contribution in [2.24, 2.45) is 0 Å². The van der Waals surface area contributed by atoms with Gasteiger partial charge >= 0.3 is 0 Å². The fourth-order valence-electron chi connectivity index (χ4n) is 2.71. The van der Waals surface area contributed by atoms with Crippen LogP contribution in [0.5, 0.6) is 11.5 Å². The fourth-order valence-corrected chi connectivity index (χ4v) is 3.97. The average molecular weight is 347 g/mol. The Kier molecular flexibility index (Phi) is 4.94. The summed E-state index contributed by atoms with van der Waals surface area (Å²) in [5.74, 6) is 1.57. The van der Waals surface area contributed by atoms with E-state index in [1.54, 1.807) is 54.1 Å². The van der Waals surface area contributed by atoms with E-state index in [2.05, 4.69) is 0 Å². The lowest BCUT2D eigenvalue weighted by Gasteiger charge is -2.25. The van der Waals surface area contributed by atoms with Gasteiger partial charge in [-0.1, -0.05) is 12.1 Å². The van der Waals surface area contributed by atoms with Crippen LogP contribution in [0.2, 0.25) is 0 Å². The highest BCUT2D eigenvalue weighted by Crippen LogP contribution is 2.39. The summed E-state index contributed by atoms with van der Waals surface area (Å²) in [6, 6.07) is 11.4. The largest absolute Gasteiger partial charge is 0.497 e. The zero-order valence-electron chi connectivity index (χ0n) is 13.5. The number of methoxy groups -OCH3 is 2. The van der Waals surface area contributed by atoms with Gasteiger partial charge < -0.3 is 14.4 Å². The minimum Gasteiger partial charge on any atom is -0.497 e. The molecular formula is C18H18FNO3S. The third kappa shape index (κ3) is 3.19. The van der Waals surface area contributed by atoms with E-state index >= 15 is 0 Å². The van der Waals surface area contributed by atoms with Crippen LogP contribution in [0.3, 0.4) is 0 Å². The first-order valence-electron chi connectivity index (χ1n) is 7.54. The SMILES string of the molecule is COc1ccc(C(=O)N2CCSC2c2ccc(F)cc2)c(OC)c1. The van der Waals surface area contributed by atoms with Crippen LogP contribution in [0.4, 0.5) is 4.39 Å². The lowest BCUT2D eigenvalue weighted by Crippen LogP contribution is -2.30. The Bertz CT molecular complexity index is 736. The van der Waals surface area contributed by atoms with Gasteiger partial charge in [-0.25, -0.2) is 4.39 Å². The molecular weight excluding hydrogens is 329 g/mol. The van der Waals surface area contributed by atoms with Gasteiger partial charge in [0.2, 0.25) is 0 Å². The predicted molar refractivity (Wildman–Crippen MR) is 92.2 cm³/mol. The molecule has 1 atom stereocenters. The number of hydrogen-bond acceptors (Lipinski definition) is 4. The standard InChI is InChI=1S/C18H18FNO3S/c1-22-14-7-8-15(16(11-14)23-2)17(21)20-9-10-24-18(20)12-3-5-13(19)6-4-12/h3-8,11,18H,9-10H2,1-2H3. The molecule has 126 valence electrons. The van der Waals surface area contributed by atoms with Gasteiger partial charge in [-0.3, -0.25) is 4.79 Å². The summed E-state index contributed by atoms with van der Waals surface area (Å²) in [6.45, 7) is 0.640. The highest BCUT2D eigenvalue weighted by Gasteiger charge is 2.32. The molecule has 1 fully saturated rings. The molecule has 2 aromatic rings. The summed E-state index contributed by atoms with van der Waals surface area (Å²) in [5.41, 5.74) is 1.41. The third-order valence-electron chi connectivity index (χ3n) is 3.95. The van der Waals surface area contributed by atoms with Crippen molar-refractivity contribution in [2.75, 3.05) is 26.5 Å². The van der Waals surface area contributed by atoms with Gasteiger partial charge in [0.25, 0.3) is 5.91 Å². The summed E-state index contributed by atoms with van der Waals surface area (Å²) in [6.07, 6.45) is 0. The van der Waals surface area contributed by atoms with Crippen LogP contribution < -0.4 is 9.47 Å². The molecule has 0 bridgehead atoms. The summed E-state index contributed by atoms with van der Waals surface area (Å²) in [5, 5.41) is -0.120. The number of nitrogens with zero attached hydrogens (tertiary/aromatic N) is 1. The molecule has 0 aromatic heterocycles. The molecule has 24 heavy (non-hydrogen) atoms. The van der Waals surface area contributed by atoms with Gasteiger partial charge in [-0.05, 0) is 29.8 Å². The number of thioether (sulfide) groups is 1. The molecule has 6 heteroatoms. The predicted octanol–water partition coefficient (Wildman–Crippen LogP) is 3.73. The van der Waals surface area contributed by atoms with E-state index in [0.717, 1.165) is 11.3 Å². The van der Waals surface area contributed by atoms with Crippen molar-refractivity contribution >= 4 is 17.7 Å². The summed E-state index contributed by atoms with van der Waals surface area (Å²) in [7, 11) is 3.10. The Morgan fingerprint density at radius 2 is 1.92 bits per heavy atom. The van der Waals surface area contributed by atoms with Crippen LogP contribution in [0, 0.1) is 5.82 Å². The Hall–Kier alpha value is -2.21. The molecule has 3 rings (SSSR count). The van der Waals surface area contributed by atoms with Gasteiger partial charge in [0.15, 0.2) is 0 Å². The molecule has 2 aromatic carbocycles. The van der Waals surface area contributed by atoms with Crippen molar-refractivity contribution in [3.05, 3.63) is 59.4 Å². The van der Waals surface area contributed by atoms with Gasteiger partial charge in [-0.2, -0.15) is 0 Å². The van der Waals surface area contributed by atoms with E-state index in [0.29, 0.717) is 23.6 Å². The Morgan fingerprint density at radius 3 is 2.58 bits per heavy atom. The second-order valence-corrected chi connectivity index (χ2v) is 6.53. The van der Waals surface area contributed by atoms with Gasteiger partial charge in [0, 0.05) is 18.4 Å². The van der Waals surface area contributed by atoms with Crippen LogP contribution in [0.25, 0.3) is 0 Å². The number of hydrogen-bond donors (Lipinski definition) is 0. The molecule has 1 heterocycles. The number of carbonyl (C=O) groups excluding carboxylic acids is 1. The molecule has 0 radical (unpaired) electrons. The topological polar surface area (TPSA) is 38.8 Å². The lowest BCUT2D eigenvalue weighted by atomic mass is 10.1. The van der Waals surface area contributed by atoms with Gasteiger partial charge in [-0.15, -0.1) is 11.8 Å². The van der Waals surface area contributed by atoms with E-state index in [1.807, 2.05) is 0 Å².